The fourth-order valence-electron chi connectivity index (χ4n) is 1.26. The topological polar surface area (TPSA) is 0 Å². The van der Waals surface area contributed by atoms with Crippen molar-refractivity contribution in [3.63, 3.8) is 0 Å². The van der Waals surface area contributed by atoms with Crippen LogP contribution < -0.4 is 0 Å². The minimum Gasteiger partial charge on any atom is -0.207 e. The molecule has 0 amide bonds. The van der Waals surface area contributed by atoms with Gasteiger partial charge in [-0.1, -0.05) is 48.8 Å². The molecule has 0 spiro atoms. The van der Waals surface area contributed by atoms with Crippen LogP contribution in [-0.4, -0.2) is 10.4 Å². The molecular weight excluding hydrogens is 285 g/mol. The molecule has 0 unspecified atom stereocenters. The summed E-state index contributed by atoms with van der Waals surface area (Å²) in [6.45, 7) is 2.09. The van der Waals surface area contributed by atoms with Crippen LogP contribution >= 0.6 is 22.6 Å². The van der Waals surface area contributed by atoms with Gasteiger partial charge in [0, 0.05) is 12.8 Å². The van der Waals surface area contributed by atoms with Crippen molar-refractivity contribution in [2.24, 2.45) is 0 Å². The Kier molecular flexibility index (Phi) is 8.31. The summed E-state index contributed by atoms with van der Waals surface area (Å²) in [7, 11) is 0. The largest absolute Gasteiger partial charge is 0.248 e. The summed E-state index contributed by atoms with van der Waals surface area (Å²) >= 11 is 2.15. The number of rotatable bonds is 8. The number of hydrogen-bond donors (Lipinski definition) is 0. The van der Waals surface area contributed by atoms with Gasteiger partial charge < -0.3 is 0 Å². The van der Waals surface area contributed by atoms with Gasteiger partial charge in [0.15, 0.2) is 0 Å². The number of hydrogen-bond acceptors (Lipinski definition) is 0. The molecule has 0 saturated heterocycles. The van der Waals surface area contributed by atoms with E-state index in [0.717, 1.165) is 23.7 Å². The van der Waals surface area contributed by atoms with Gasteiger partial charge in [0.25, 0.3) is 0 Å². The second kappa shape index (κ2) is 7.94. The summed E-state index contributed by atoms with van der Waals surface area (Å²) in [5.41, 5.74) is 0. The lowest BCUT2D eigenvalue weighted by Gasteiger charge is -2.15. The van der Waals surface area contributed by atoms with Crippen LogP contribution in [0.3, 0.4) is 0 Å². The Morgan fingerprint density at radius 1 is 1.00 bits per heavy atom. The maximum absolute atomic E-state index is 13.0. The highest BCUT2D eigenvalue weighted by atomic mass is 127. The van der Waals surface area contributed by atoms with Gasteiger partial charge in [0.2, 0.25) is 5.92 Å². The average molecular weight is 304 g/mol. The fourth-order valence-corrected chi connectivity index (χ4v) is 1.64. The quantitative estimate of drug-likeness (QED) is 0.343. The third-order valence-corrected chi connectivity index (χ3v) is 2.84. The van der Waals surface area contributed by atoms with E-state index in [2.05, 4.69) is 29.5 Å². The van der Waals surface area contributed by atoms with Crippen molar-refractivity contribution >= 4 is 22.6 Å². The van der Waals surface area contributed by atoms with Crippen LogP contribution in [0.2, 0.25) is 0 Å². The molecule has 0 bridgehead atoms. The van der Waals surface area contributed by atoms with Crippen LogP contribution in [0, 0.1) is 0 Å². The second-order valence-corrected chi connectivity index (χ2v) is 4.54. The highest BCUT2D eigenvalue weighted by Gasteiger charge is 2.26. The Balaban J connectivity index is 3.39. The van der Waals surface area contributed by atoms with E-state index < -0.39 is 5.92 Å². The lowest BCUT2D eigenvalue weighted by Crippen LogP contribution is -2.15. The standard InChI is InChI=1S/C10H19F2I/c1-2-3-4-5-7-10(11,12)8-6-9-13/h2-9H2,1H3. The number of alkyl halides is 3. The lowest BCUT2D eigenvalue weighted by molar-refractivity contribution is -0.0185. The van der Waals surface area contributed by atoms with E-state index in [4.69, 9.17) is 0 Å². The SMILES string of the molecule is CCCCCCC(F)(F)CCCI. The van der Waals surface area contributed by atoms with Crippen LogP contribution in [0.15, 0.2) is 0 Å². The van der Waals surface area contributed by atoms with Crippen molar-refractivity contribution in [2.45, 2.75) is 57.8 Å². The Hall–Kier alpha value is 0.590. The summed E-state index contributed by atoms with van der Waals surface area (Å²) in [5, 5.41) is 0. The summed E-state index contributed by atoms with van der Waals surface area (Å²) in [5.74, 6) is -2.40. The molecule has 0 saturated carbocycles. The summed E-state index contributed by atoms with van der Waals surface area (Å²) in [6.07, 6.45) is 4.63. The Bertz CT molecular complexity index is 115. The normalized spacial score (nSPS) is 12.0. The third kappa shape index (κ3) is 8.91. The van der Waals surface area contributed by atoms with Crippen LogP contribution in [0.1, 0.15) is 51.9 Å². The Labute approximate surface area is 93.6 Å². The molecule has 0 fully saturated rings. The first-order valence-electron chi connectivity index (χ1n) is 5.06. The maximum atomic E-state index is 13.0. The van der Waals surface area contributed by atoms with E-state index in [9.17, 15) is 8.78 Å². The minimum atomic E-state index is -2.40. The van der Waals surface area contributed by atoms with E-state index >= 15 is 0 Å². The molecule has 80 valence electrons. The smallest absolute Gasteiger partial charge is 0.207 e. The van der Waals surface area contributed by atoms with Crippen molar-refractivity contribution in [3.8, 4) is 0 Å². The van der Waals surface area contributed by atoms with Crippen LogP contribution in [0.5, 0.6) is 0 Å². The van der Waals surface area contributed by atoms with Crippen molar-refractivity contribution in [1.82, 2.24) is 0 Å². The highest BCUT2D eigenvalue weighted by Crippen LogP contribution is 2.27. The zero-order valence-corrected chi connectivity index (χ0v) is 10.4. The van der Waals surface area contributed by atoms with E-state index in [-0.39, 0.29) is 12.8 Å². The molecule has 0 radical (unpaired) electrons. The summed E-state index contributed by atoms with van der Waals surface area (Å²) in [4.78, 5) is 0. The first-order chi connectivity index (χ1) is 6.12. The molecule has 0 nitrogen and oxygen atoms in total. The monoisotopic (exact) mass is 304 g/mol. The van der Waals surface area contributed by atoms with E-state index in [0.29, 0.717) is 12.8 Å². The van der Waals surface area contributed by atoms with Gasteiger partial charge in [-0.15, -0.1) is 0 Å². The minimum absolute atomic E-state index is 0.0715. The summed E-state index contributed by atoms with van der Waals surface area (Å²) in [6, 6.07) is 0. The predicted molar refractivity (Wildman–Crippen MR) is 61.8 cm³/mol. The van der Waals surface area contributed by atoms with Crippen molar-refractivity contribution in [3.05, 3.63) is 0 Å². The lowest BCUT2D eigenvalue weighted by atomic mass is 10.1. The van der Waals surface area contributed by atoms with E-state index in [1.165, 1.54) is 0 Å². The number of unbranched alkanes of at least 4 members (excludes halogenated alkanes) is 3. The van der Waals surface area contributed by atoms with Crippen molar-refractivity contribution < 1.29 is 8.78 Å². The molecule has 0 aliphatic heterocycles. The summed E-state index contributed by atoms with van der Waals surface area (Å²) < 4.78 is 26.9. The molecule has 0 heterocycles. The molecule has 0 rings (SSSR count). The van der Waals surface area contributed by atoms with Gasteiger partial charge in [-0.2, -0.15) is 0 Å². The molecule has 0 aromatic heterocycles. The molecule has 0 atom stereocenters. The predicted octanol–water partition coefficient (Wildman–Crippen LogP) is 4.81. The molecule has 0 aliphatic carbocycles. The fraction of sp³-hybridized carbons (Fsp3) is 1.00. The molecule has 13 heavy (non-hydrogen) atoms. The average Bonchev–Trinajstić information content (AvgIpc) is 2.09. The second-order valence-electron chi connectivity index (χ2n) is 3.46. The first kappa shape index (κ1) is 13.6. The molecule has 3 heteroatoms. The van der Waals surface area contributed by atoms with E-state index in [1.54, 1.807) is 0 Å². The Morgan fingerprint density at radius 3 is 2.15 bits per heavy atom. The molecule has 0 aliphatic rings. The first-order valence-corrected chi connectivity index (χ1v) is 6.59. The Morgan fingerprint density at radius 2 is 1.62 bits per heavy atom. The maximum Gasteiger partial charge on any atom is 0.248 e. The highest BCUT2D eigenvalue weighted by molar-refractivity contribution is 14.1. The molecule has 0 N–H and O–H groups in total. The van der Waals surface area contributed by atoms with Gasteiger partial charge in [-0.05, 0) is 17.3 Å². The number of halogens is 3. The molecule has 0 aromatic carbocycles. The van der Waals surface area contributed by atoms with Crippen LogP contribution in [0.25, 0.3) is 0 Å². The van der Waals surface area contributed by atoms with Gasteiger partial charge in [-0.3, -0.25) is 0 Å². The van der Waals surface area contributed by atoms with Gasteiger partial charge in [0.1, 0.15) is 0 Å². The van der Waals surface area contributed by atoms with E-state index in [1.807, 2.05) is 0 Å². The van der Waals surface area contributed by atoms with Gasteiger partial charge in [-0.25, -0.2) is 8.78 Å². The zero-order chi connectivity index (χ0) is 10.2. The molecular formula is C10H19F2I. The van der Waals surface area contributed by atoms with Gasteiger partial charge >= 0.3 is 0 Å². The van der Waals surface area contributed by atoms with Crippen LogP contribution in [0.4, 0.5) is 8.78 Å². The third-order valence-electron chi connectivity index (χ3n) is 2.07. The molecule has 0 aromatic rings. The van der Waals surface area contributed by atoms with Crippen LogP contribution in [-0.2, 0) is 0 Å². The zero-order valence-electron chi connectivity index (χ0n) is 8.29. The van der Waals surface area contributed by atoms with Crippen molar-refractivity contribution in [1.29, 1.82) is 0 Å². The van der Waals surface area contributed by atoms with Gasteiger partial charge in [0.05, 0.1) is 0 Å². The van der Waals surface area contributed by atoms with Crippen molar-refractivity contribution in [2.75, 3.05) is 4.43 Å².